The van der Waals surface area contributed by atoms with Crippen LogP contribution in [0.1, 0.15) is 139 Å². The molecule has 0 radical (unpaired) electrons. The van der Waals surface area contributed by atoms with Gasteiger partial charge in [-0.3, -0.25) is 14.6 Å². The maximum Gasteiger partial charge on any atom is 0.350 e. The molecule has 6 aliphatic heterocycles. The lowest BCUT2D eigenvalue weighted by Crippen LogP contribution is -2.32. The number of aliphatic imine (C=N–C) groups is 4. The lowest BCUT2D eigenvalue weighted by molar-refractivity contribution is -0.154. The number of cyclic esters (lactones) is 2. The van der Waals surface area contributed by atoms with Crippen molar-refractivity contribution >= 4 is 47.0 Å². The van der Waals surface area contributed by atoms with E-state index >= 15 is 0 Å². The largest absolute Gasteiger partial charge is 0.461 e. The zero-order chi connectivity index (χ0) is 45.5. The summed E-state index contributed by atoms with van der Waals surface area (Å²) in [5.74, 6) is -0.317. The van der Waals surface area contributed by atoms with Crippen LogP contribution >= 0.6 is 0 Å². The molecule has 8 bridgehead atoms. The van der Waals surface area contributed by atoms with Crippen LogP contribution in [0.25, 0.3) is 0 Å². The number of aldehydes is 1. The predicted molar refractivity (Wildman–Crippen MR) is 252 cm³/mol. The molecule has 10 heteroatoms. The Kier molecular flexibility index (Phi) is 15.6. The highest BCUT2D eigenvalue weighted by Gasteiger charge is 2.45. The van der Waals surface area contributed by atoms with Gasteiger partial charge in [-0.1, -0.05) is 105 Å². The van der Waals surface area contributed by atoms with Crippen molar-refractivity contribution < 1.29 is 28.7 Å². The second kappa shape index (κ2) is 20.9. The van der Waals surface area contributed by atoms with E-state index < -0.39 is 17.9 Å². The molecule has 1 fully saturated rings. The van der Waals surface area contributed by atoms with Gasteiger partial charge in [-0.2, -0.15) is 0 Å². The maximum atomic E-state index is 13.8. The Labute approximate surface area is 374 Å². The Morgan fingerprint density at radius 1 is 0.810 bits per heavy atom. The topological polar surface area (TPSA) is 136 Å². The van der Waals surface area contributed by atoms with Crippen molar-refractivity contribution in [3.63, 3.8) is 0 Å². The lowest BCUT2D eigenvalue weighted by atomic mass is 9.83. The van der Waals surface area contributed by atoms with Gasteiger partial charge in [-0.25, -0.2) is 24.6 Å². The first-order valence-corrected chi connectivity index (χ1v) is 23.2. The molecule has 0 aliphatic carbocycles. The molecule has 4 atom stereocenters. The predicted octanol–water partition coefficient (Wildman–Crippen LogP) is 11.5. The summed E-state index contributed by atoms with van der Waals surface area (Å²) in [7, 11) is 0. The van der Waals surface area contributed by atoms with Crippen LogP contribution in [-0.4, -0.2) is 53.6 Å². The van der Waals surface area contributed by atoms with Gasteiger partial charge < -0.3 is 9.47 Å². The van der Waals surface area contributed by atoms with Crippen LogP contribution in [0, 0.1) is 29.6 Å². The van der Waals surface area contributed by atoms with Crippen LogP contribution in [-0.2, 0) is 28.7 Å². The highest BCUT2D eigenvalue weighted by atomic mass is 16.6. The van der Waals surface area contributed by atoms with Gasteiger partial charge in [0.1, 0.15) is 12.2 Å². The quantitative estimate of drug-likeness (QED) is 0.0517. The van der Waals surface area contributed by atoms with Crippen LogP contribution in [0.2, 0.25) is 0 Å². The molecule has 0 amide bonds. The number of fused-ring (bicyclic) bond motifs is 4. The molecule has 10 nitrogen and oxygen atoms in total. The summed E-state index contributed by atoms with van der Waals surface area (Å²) in [6.45, 7) is 23.4. The van der Waals surface area contributed by atoms with Gasteiger partial charge in [0.05, 0.1) is 45.5 Å². The van der Waals surface area contributed by atoms with Gasteiger partial charge in [0.2, 0.25) is 0 Å². The molecule has 0 aromatic heterocycles. The fourth-order valence-corrected chi connectivity index (χ4v) is 9.43. The van der Waals surface area contributed by atoms with E-state index in [-0.39, 0.29) is 41.8 Å². The molecule has 6 rings (SSSR count). The van der Waals surface area contributed by atoms with E-state index in [0.29, 0.717) is 69.8 Å². The van der Waals surface area contributed by atoms with E-state index in [2.05, 4.69) is 41.2 Å². The van der Waals surface area contributed by atoms with E-state index in [1.165, 1.54) is 50.5 Å². The molecule has 334 valence electrons. The van der Waals surface area contributed by atoms with E-state index in [4.69, 9.17) is 29.4 Å². The van der Waals surface area contributed by atoms with Crippen molar-refractivity contribution in [3.8, 4) is 0 Å². The molecule has 0 spiro atoms. The third-order valence-electron chi connectivity index (χ3n) is 13.4. The van der Waals surface area contributed by atoms with Crippen molar-refractivity contribution in [3.05, 3.63) is 104 Å². The average Bonchev–Trinajstić information content (AvgIpc) is 3.93. The number of hydrogen-bond acceptors (Lipinski definition) is 10. The number of allylic oxidation sites excluding steroid dienone is 11. The number of rotatable bonds is 20. The summed E-state index contributed by atoms with van der Waals surface area (Å²) in [5.41, 5.74) is 8.80. The minimum Gasteiger partial charge on any atom is -0.461 e. The van der Waals surface area contributed by atoms with E-state index in [9.17, 15) is 19.2 Å². The number of nitrogens with zero attached hydrogens (tertiary/aromatic N) is 4. The molecule has 0 saturated carbocycles. The number of hydrogen-bond donors (Lipinski definition) is 0. The van der Waals surface area contributed by atoms with Gasteiger partial charge in [-0.05, 0) is 105 Å². The normalized spacial score (nSPS) is 21.9. The Balaban J connectivity index is 1.18. The molecule has 0 unspecified atom stereocenters. The van der Waals surface area contributed by atoms with Gasteiger partial charge in [0.25, 0.3) is 0 Å². The molecular weight excluding hydrogens is 789 g/mol. The summed E-state index contributed by atoms with van der Waals surface area (Å²) < 4.78 is 11.1. The van der Waals surface area contributed by atoms with Crippen molar-refractivity contribution in [1.29, 1.82) is 0 Å². The molecule has 0 aromatic carbocycles. The van der Waals surface area contributed by atoms with Crippen LogP contribution in [0.4, 0.5) is 0 Å². The van der Waals surface area contributed by atoms with Crippen molar-refractivity contribution in [2.45, 2.75) is 139 Å². The van der Waals surface area contributed by atoms with Crippen LogP contribution < -0.4 is 0 Å². The van der Waals surface area contributed by atoms with E-state index in [1.54, 1.807) is 25.2 Å². The number of ether oxygens (including phenoxy) is 2. The second-order valence-corrected chi connectivity index (χ2v) is 18.6. The summed E-state index contributed by atoms with van der Waals surface area (Å²) in [6.07, 6.45) is 22.1. The molecule has 0 aromatic rings. The lowest BCUT2D eigenvalue weighted by Gasteiger charge is -2.22. The SMILES string of the molecule is C=CC1=C(C)C2=CC3=NC(=C4C(=O)OC(=O)C5=C(C)C(=CC6=NC(=CC1=N2)C(C=O)=C6CC)N=C54)[C@@H](CCC(=O)OCC=C(C)CCC[C@H](C)CCC[C@H](C)CCCC(C)C)[C@@H]3C. The maximum absolute atomic E-state index is 13.8. The standard InChI is InChI=1S/C53H66N4O6/c1-11-37-34(8)41-26-42-35(9)39(22-23-47(59)62-25-24-33(7)21-15-20-32(6)19-14-18-31(5)17-13-16-30(3)4)50(56-42)49-51-48(52(60)63-53(49)61)36(10)43(57-51)27-45-38(12-2)40(29-58)46(55-45)28-44(37)54-41/h11,24,26-32,35,39H,1,12-23,25H2,2-10H3/t31-,32-,35+,39+/m1/s1. The van der Waals surface area contributed by atoms with Crippen LogP contribution in [0.15, 0.2) is 124 Å². The Bertz CT molecular complexity index is 2330. The highest BCUT2D eigenvalue weighted by Crippen LogP contribution is 2.43. The first-order chi connectivity index (χ1) is 30.1. The summed E-state index contributed by atoms with van der Waals surface area (Å²) in [6, 6.07) is 0. The van der Waals surface area contributed by atoms with Crippen molar-refractivity contribution in [2.24, 2.45) is 49.6 Å². The van der Waals surface area contributed by atoms with Crippen LogP contribution in [0.3, 0.4) is 0 Å². The van der Waals surface area contributed by atoms with Crippen LogP contribution in [0.5, 0.6) is 0 Å². The van der Waals surface area contributed by atoms with Crippen molar-refractivity contribution in [1.82, 2.24) is 0 Å². The monoisotopic (exact) mass is 854 g/mol. The number of esters is 3. The zero-order valence-corrected chi connectivity index (χ0v) is 39.0. The number of carbonyl (C=O) groups excluding carboxylic acids is 4. The van der Waals surface area contributed by atoms with Gasteiger partial charge in [0.15, 0.2) is 6.29 Å². The zero-order valence-electron chi connectivity index (χ0n) is 39.0. The minimum absolute atomic E-state index is 0.0969. The minimum atomic E-state index is -0.839. The fraction of sp³-hybridized carbons (Fsp3) is 0.509. The molecule has 6 heterocycles. The third kappa shape index (κ3) is 10.7. The highest BCUT2D eigenvalue weighted by molar-refractivity contribution is 6.42. The van der Waals surface area contributed by atoms with Gasteiger partial charge in [-0.15, -0.1) is 0 Å². The molecular formula is C53H66N4O6. The third-order valence-corrected chi connectivity index (χ3v) is 13.4. The fourth-order valence-electron chi connectivity index (χ4n) is 9.43. The summed E-state index contributed by atoms with van der Waals surface area (Å²) in [5, 5.41) is 0. The van der Waals surface area contributed by atoms with Gasteiger partial charge >= 0.3 is 17.9 Å². The smallest absolute Gasteiger partial charge is 0.350 e. The number of carbonyl (C=O) groups is 4. The summed E-state index contributed by atoms with van der Waals surface area (Å²) in [4.78, 5) is 72.7. The first kappa shape index (κ1) is 47.1. The first-order valence-electron chi connectivity index (χ1n) is 23.2. The van der Waals surface area contributed by atoms with Crippen molar-refractivity contribution in [2.75, 3.05) is 6.61 Å². The van der Waals surface area contributed by atoms with Gasteiger partial charge in [0, 0.05) is 35.1 Å². The van der Waals surface area contributed by atoms with E-state index in [1.807, 2.05) is 32.9 Å². The Hall–Kier alpha value is -5.38. The Morgan fingerprint density at radius 2 is 1.44 bits per heavy atom. The summed E-state index contributed by atoms with van der Waals surface area (Å²) >= 11 is 0. The second-order valence-electron chi connectivity index (χ2n) is 18.6. The Morgan fingerprint density at radius 3 is 2.11 bits per heavy atom. The molecule has 63 heavy (non-hydrogen) atoms. The molecule has 0 N–H and O–H groups in total. The molecule has 6 aliphatic rings. The average molecular weight is 855 g/mol. The molecule has 1 saturated heterocycles. The van der Waals surface area contributed by atoms with E-state index in [0.717, 1.165) is 47.7 Å².